The Kier molecular flexibility index (Phi) is 4.79. The number of quaternary nitrogens is 1. The lowest BCUT2D eigenvalue weighted by molar-refractivity contribution is -0.954. The zero-order valence-electron chi connectivity index (χ0n) is 16.2. The Morgan fingerprint density at radius 1 is 1.22 bits per heavy atom. The molecule has 0 saturated carbocycles. The van der Waals surface area contributed by atoms with Gasteiger partial charge in [0, 0.05) is 24.5 Å². The highest BCUT2D eigenvalue weighted by Crippen LogP contribution is 2.35. The molecule has 0 spiro atoms. The normalized spacial score (nSPS) is 23.5. The van der Waals surface area contributed by atoms with E-state index in [-0.39, 0.29) is 12.1 Å². The van der Waals surface area contributed by atoms with Gasteiger partial charge in [-0.05, 0) is 30.7 Å². The molecule has 1 unspecified atom stereocenters. The lowest BCUT2D eigenvalue weighted by Gasteiger charge is -2.32. The molecule has 1 amide bonds. The fourth-order valence-corrected chi connectivity index (χ4v) is 4.64. The fraction of sp³-hybridized carbons (Fsp3) is 0.409. The van der Waals surface area contributed by atoms with Gasteiger partial charge in [0.1, 0.15) is 6.04 Å². The maximum Gasteiger partial charge on any atom is 0.224 e. The SMILES string of the molecule is CCOc1cc([C@H]2N(C(C)=O)C[C@H]3c4ccccc4CC[NH+]32)ccc1OC. The van der Waals surface area contributed by atoms with Gasteiger partial charge in [-0.25, -0.2) is 0 Å². The standard InChI is InChI=1S/C22H26N2O3/c1-4-27-21-13-17(9-10-20(21)26-3)22-23-12-11-16-7-5-6-8-18(16)19(23)14-24(22)15(2)25/h5-10,13,19,22H,4,11-12,14H2,1-3H3/p+1/t19-,22+/m0/s1. The van der Waals surface area contributed by atoms with Gasteiger partial charge in [0.05, 0.1) is 26.8 Å². The van der Waals surface area contributed by atoms with Gasteiger partial charge in [0.2, 0.25) is 5.91 Å². The van der Waals surface area contributed by atoms with Crippen LogP contribution in [-0.2, 0) is 11.2 Å². The lowest BCUT2D eigenvalue weighted by Crippen LogP contribution is -3.12. The van der Waals surface area contributed by atoms with Crippen molar-refractivity contribution >= 4 is 5.91 Å². The first-order chi connectivity index (χ1) is 13.1. The smallest absolute Gasteiger partial charge is 0.224 e. The molecule has 1 saturated heterocycles. The van der Waals surface area contributed by atoms with Crippen molar-refractivity contribution in [2.75, 3.05) is 26.8 Å². The molecule has 2 aliphatic heterocycles. The van der Waals surface area contributed by atoms with E-state index in [4.69, 9.17) is 9.47 Å². The summed E-state index contributed by atoms with van der Waals surface area (Å²) < 4.78 is 11.2. The zero-order chi connectivity index (χ0) is 19.0. The Morgan fingerprint density at radius 2 is 2.04 bits per heavy atom. The van der Waals surface area contributed by atoms with E-state index in [1.807, 2.05) is 24.0 Å². The third kappa shape index (κ3) is 3.06. The van der Waals surface area contributed by atoms with Crippen molar-refractivity contribution in [2.24, 2.45) is 0 Å². The topological polar surface area (TPSA) is 43.2 Å². The quantitative estimate of drug-likeness (QED) is 0.900. The van der Waals surface area contributed by atoms with E-state index in [1.165, 1.54) is 16.0 Å². The summed E-state index contributed by atoms with van der Waals surface area (Å²) in [6, 6.07) is 15.0. The predicted molar refractivity (Wildman–Crippen MR) is 103 cm³/mol. The molecule has 1 N–H and O–H groups in total. The van der Waals surface area contributed by atoms with Crippen LogP contribution in [0.1, 0.15) is 42.7 Å². The predicted octanol–water partition coefficient (Wildman–Crippen LogP) is 2.14. The van der Waals surface area contributed by atoms with Crippen LogP contribution in [0.2, 0.25) is 0 Å². The van der Waals surface area contributed by atoms with Crippen LogP contribution < -0.4 is 14.4 Å². The third-order valence-corrected chi connectivity index (χ3v) is 5.81. The van der Waals surface area contributed by atoms with Gasteiger partial charge in [-0.2, -0.15) is 0 Å². The molecule has 0 aliphatic carbocycles. The van der Waals surface area contributed by atoms with Gasteiger partial charge in [-0.1, -0.05) is 24.3 Å². The van der Waals surface area contributed by atoms with Gasteiger partial charge in [0.15, 0.2) is 17.7 Å². The second kappa shape index (κ2) is 7.24. The second-order valence-corrected chi connectivity index (χ2v) is 7.24. The molecular weight excluding hydrogens is 340 g/mol. The van der Waals surface area contributed by atoms with Crippen LogP contribution in [0.5, 0.6) is 11.5 Å². The summed E-state index contributed by atoms with van der Waals surface area (Å²) in [5.74, 6) is 1.58. The molecule has 2 aromatic carbocycles. The number of ether oxygens (including phenoxy) is 2. The molecule has 2 aliphatic rings. The first kappa shape index (κ1) is 17.9. The molecular formula is C22H27N2O3+. The van der Waals surface area contributed by atoms with Gasteiger partial charge in [-0.15, -0.1) is 0 Å². The summed E-state index contributed by atoms with van der Waals surface area (Å²) in [5, 5.41) is 0. The molecule has 0 aromatic heterocycles. The second-order valence-electron chi connectivity index (χ2n) is 7.24. The first-order valence-electron chi connectivity index (χ1n) is 9.65. The summed E-state index contributed by atoms with van der Waals surface area (Å²) >= 11 is 0. The van der Waals surface area contributed by atoms with Gasteiger partial charge in [0.25, 0.3) is 0 Å². The Bertz CT molecular complexity index is 851. The number of carbonyl (C=O) groups is 1. The van der Waals surface area contributed by atoms with Gasteiger partial charge in [-0.3, -0.25) is 9.69 Å². The molecule has 0 radical (unpaired) electrons. The van der Waals surface area contributed by atoms with E-state index in [1.54, 1.807) is 14.0 Å². The number of nitrogens with one attached hydrogen (secondary N) is 1. The number of rotatable bonds is 4. The minimum absolute atomic E-state index is 0.00553. The van der Waals surface area contributed by atoms with Crippen molar-refractivity contribution in [3.8, 4) is 11.5 Å². The number of methoxy groups -OCH3 is 1. The molecule has 27 heavy (non-hydrogen) atoms. The number of nitrogens with zero attached hydrogens (tertiary/aromatic N) is 1. The largest absolute Gasteiger partial charge is 0.493 e. The highest BCUT2D eigenvalue weighted by Gasteiger charge is 2.48. The van der Waals surface area contributed by atoms with Crippen molar-refractivity contribution < 1.29 is 19.2 Å². The minimum atomic E-state index is 0.00553. The number of hydrogen-bond donors (Lipinski definition) is 1. The lowest BCUT2D eigenvalue weighted by atomic mass is 9.93. The van der Waals surface area contributed by atoms with E-state index in [2.05, 4.69) is 30.3 Å². The fourth-order valence-electron chi connectivity index (χ4n) is 4.64. The number of fused-ring (bicyclic) bond motifs is 3. The van der Waals surface area contributed by atoms with Gasteiger partial charge < -0.3 is 14.4 Å². The Balaban J connectivity index is 1.75. The third-order valence-electron chi connectivity index (χ3n) is 5.81. The van der Waals surface area contributed by atoms with E-state index in [0.717, 1.165) is 36.6 Å². The number of benzene rings is 2. The maximum absolute atomic E-state index is 12.5. The van der Waals surface area contributed by atoms with E-state index >= 15 is 0 Å². The molecule has 2 heterocycles. The van der Waals surface area contributed by atoms with Crippen molar-refractivity contribution in [3.05, 3.63) is 59.2 Å². The summed E-state index contributed by atoms with van der Waals surface area (Å²) in [6.07, 6.45) is 1.05. The summed E-state index contributed by atoms with van der Waals surface area (Å²) in [6.45, 7) is 5.98. The molecule has 5 nitrogen and oxygen atoms in total. The molecule has 5 heteroatoms. The van der Waals surface area contributed by atoms with Crippen molar-refractivity contribution in [2.45, 2.75) is 32.5 Å². The Hall–Kier alpha value is -2.53. The van der Waals surface area contributed by atoms with Crippen molar-refractivity contribution in [1.29, 1.82) is 0 Å². The molecule has 4 rings (SSSR count). The van der Waals surface area contributed by atoms with Crippen LogP contribution in [0.15, 0.2) is 42.5 Å². The monoisotopic (exact) mass is 367 g/mol. The van der Waals surface area contributed by atoms with Crippen LogP contribution in [0, 0.1) is 0 Å². The Labute approximate surface area is 160 Å². The van der Waals surface area contributed by atoms with Gasteiger partial charge >= 0.3 is 0 Å². The van der Waals surface area contributed by atoms with Crippen molar-refractivity contribution in [3.63, 3.8) is 0 Å². The highest BCUT2D eigenvalue weighted by atomic mass is 16.5. The Morgan fingerprint density at radius 3 is 2.78 bits per heavy atom. The zero-order valence-corrected chi connectivity index (χ0v) is 16.2. The van der Waals surface area contributed by atoms with Crippen LogP contribution in [0.3, 0.4) is 0 Å². The summed E-state index contributed by atoms with van der Waals surface area (Å²) in [7, 11) is 1.65. The van der Waals surface area contributed by atoms with E-state index < -0.39 is 0 Å². The molecule has 142 valence electrons. The average molecular weight is 367 g/mol. The van der Waals surface area contributed by atoms with Crippen molar-refractivity contribution in [1.82, 2.24) is 4.90 Å². The summed E-state index contributed by atoms with van der Waals surface area (Å²) in [5.41, 5.74) is 3.90. The molecule has 3 atom stereocenters. The van der Waals surface area contributed by atoms with Crippen LogP contribution in [0.25, 0.3) is 0 Å². The van der Waals surface area contributed by atoms with E-state index in [0.29, 0.717) is 12.6 Å². The molecule has 0 bridgehead atoms. The average Bonchev–Trinajstić information content (AvgIpc) is 3.08. The minimum Gasteiger partial charge on any atom is -0.493 e. The van der Waals surface area contributed by atoms with E-state index in [9.17, 15) is 4.79 Å². The molecule has 1 fully saturated rings. The number of carbonyl (C=O) groups excluding carboxylic acids is 1. The maximum atomic E-state index is 12.5. The summed E-state index contributed by atoms with van der Waals surface area (Å²) in [4.78, 5) is 15.9. The van der Waals surface area contributed by atoms with Crippen LogP contribution in [-0.4, -0.2) is 37.6 Å². The van der Waals surface area contributed by atoms with Crippen LogP contribution >= 0.6 is 0 Å². The molecule has 2 aromatic rings. The highest BCUT2D eigenvalue weighted by molar-refractivity contribution is 5.74. The number of amides is 1. The first-order valence-corrected chi connectivity index (χ1v) is 9.65. The van der Waals surface area contributed by atoms with Crippen LogP contribution in [0.4, 0.5) is 0 Å². The number of hydrogen-bond acceptors (Lipinski definition) is 3.